The number of aliphatic hydroxyl groups excluding tert-OH is 1. The average molecular weight is 299 g/mol. The molecule has 2 N–H and O–H groups in total. The van der Waals surface area contributed by atoms with E-state index in [1.165, 1.54) is 7.11 Å². The second-order valence-electron chi connectivity index (χ2n) is 5.18. The first kappa shape index (κ1) is 16.2. The molecule has 0 aliphatic rings. The van der Waals surface area contributed by atoms with E-state index < -0.39 is 18.2 Å². The number of rotatable bonds is 6. The van der Waals surface area contributed by atoms with E-state index in [9.17, 15) is 9.90 Å². The van der Waals surface area contributed by atoms with Crippen LogP contribution in [0.25, 0.3) is 0 Å². The lowest BCUT2D eigenvalue weighted by Crippen LogP contribution is -2.40. The Bertz CT molecular complexity index is 586. The maximum absolute atomic E-state index is 12.4. The van der Waals surface area contributed by atoms with Crippen molar-refractivity contribution in [3.05, 3.63) is 71.8 Å². The van der Waals surface area contributed by atoms with E-state index in [1.807, 2.05) is 60.7 Å². The summed E-state index contributed by atoms with van der Waals surface area (Å²) in [4.78, 5) is 12.4. The number of hydrogen-bond acceptors (Lipinski definition) is 3. The van der Waals surface area contributed by atoms with Crippen molar-refractivity contribution >= 4 is 5.91 Å². The van der Waals surface area contributed by atoms with E-state index in [2.05, 4.69) is 5.32 Å². The van der Waals surface area contributed by atoms with Crippen LogP contribution < -0.4 is 5.32 Å². The van der Waals surface area contributed by atoms with E-state index in [-0.39, 0.29) is 5.91 Å². The lowest BCUT2D eigenvalue weighted by Gasteiger charge is -2.23. The maximum Gasteiger partial charge on any atom is 0.254 e. The van der Waals surface area contributed by atoms with Gasteiger partial charge in [0.25, 0.3) is 5.91 Å². The number of nitrogens with one attached hydrogen (secondary N) is 1. The highest BCUT2D eigenvalue weighted by molar-refractivity contribution is 5.82. The zero-order valence-electron chi connectivity index (χ0n) is 12.8. The molecule has 0 aromatic heterocycles. The molecule has 0 saturated heterocycles. The third-order valence-electron chi connectivity index (χ3n) is 3.56. The summed E-state index contributed by atoms with van der Waals surface area (Å²) in [5.74, 6) is -0.267. The molecule has 2 aromatic carbocycles. The number of ether oxygens (including phenoxy) is 1. The molecule has 0 aliphatic heterocycles. The molecule has 22 heavy (non-hydrogen) atoms. The number of amides is 1. The normalized spacial score (nSPS) is 14.9. The number of carbonyl (C=O) groups is 1. The Hall–Kier alpha value is -2.17. The van der Waals surface area contributed by atoms with Gasteiger partial charge in [0.05, 0.1) is 12.1 Å². The van der Waals surface area contributed by atoms with Gasteiger partial charge >= 0.3 is 0 Å². The molecule has 0 fully saturated rings. The smallest absolute Gasteiger partial charge is 0.254 e. The van der Waals surface area contributed by atoms with Gasteiger partial charge in [0, 0.05) is 7.11 Å². The van der Waals surface area contributed by atoms with Crippen molar-refractivity contribution in [3.63, 3.8) is 0 Å². The SMILES string of the molecule is COC(C(=O)N[C@H](C)[C@@H](O)c1ccccc1)c1ccccc1. The predicted octanol–water partition coefficient (Wildman–Crippen LogP) is 2.61. The van der Waals surface area contributed by atoms with E-state index in [4.69, 9.17) is 4.74 Å². The van der Waals surface area contributed by atoms with Gasteiger partial charge in [0.2, 0.25) is 0 Å². The minimum absolute atomic E-state index is 0.267. The molecule has 3 atom stereocenters. The molecule has 2 aromatic rings. The lowest BCUT2D eigenvalue weighted by molar-refractivity contribution is -0.132. The van der Waals surface area contributed by atoms with E-state index in [0.717, 1.165) is 11.1 Å². The quantitative estimate of drug-likeness (QED) is 0.862. The topological polar surface area (TPSA) is 58.6 Å². The zero-order valence-corrected chi connectivity index (χ0v) is 12.8. The van der Waals surface area contributed by atoms with Crippen molar-refractivity contribution in [1.82, 2.24) is 5.32 Å². The molecule has 2 rings (SSSR count). The Morgan fingerprint density at radius 1 is 1.00 bits per heavy atom. The summed E-state index contributed by atoms with van der Waals surface area (Å²) in [7, 11) is 1.50. The van der Waals surface area contributed by atoms with Crippen LogP contribution in [0, 0.1) is 0 Å². The standard InChI is InChI=1S/C18H21NO3/c1-13(16(20)14-9-5-3-6-10-14)19-18(21)17(22-2)15-11-7-4-8-12-15/h3-13,16-17,20H,1-2H3,(H,19,21)/t13-,16-,17?/m1/s1. The molecular formula is C18H21NO3. The van der Waals surface area contributed by atoms with Crippen LogP contribution in [0.3, 0.4) is 0 Å². The van der Waals surface area contributed by atoms with Gasteiger partial charge in [-0.05, 0) is 18.1 Å². The Balaban J connectivity index is 2.04. The van der Waals surface area contributed by atoms with E-state index in [0.29, 0.717) is 0 Å². The first-order chi connectivity index (χ1) is 10.6. The number of carbonyl (C=O) groups excluding carboxylic acids is 1. The van der Waals surface area contributed by atoms with Crippen LogP contribution in [0.4, 0.5) is 0 Å². The summed E-state index contributed by atoms with van der Waals surface area (Å²) in [6.07, 6.45) is -1.45. The number of methoxy groups -OCH3 is 1. The fraction of sp³-hybridized carbons (Fsp3) is 0.278. The molecule has 0 heterocycles. The van der Waals surface area contributed by atoms with Crippen LogP contribution in [0.5, 0.6) is 0 Å². The highest BCUT2D eigenvalue weighted by Gasteiger charge is 2.24. The van der Waals surface area contributed by atoms with Gasteiger partial charge < -0.3 is 15.2 Å². The number of aliphatic hydroxyl groups is 1. The van der Waals surface area contributed by atoms with Gasteiger partial charge in [0.15, 0.2) is 6.10 Å². The molecule has 116 valence electrons. The van der Waals surface area contributed by atoms with E-state index in [1.54, 1.807) is 6.92 Å². The van der Waals surface area contributed by atoms with Gasteiger partial charge in [-0.25, -0.2) is 0 Å². The summed E-state index contributed by atoms with van der Waals surface area (Å²) < 4.78 is 5.29. The van der Waals surface area contributed by atoms with Crippen molar-refractivity contribution in [2.45, 2.75) is 25.2 Å². The number of hydrogen-bond donors (Lipinski definition) is 2. The van der Waals surface area contributed by atoms with Gasteiger partial charge in [-0.15, -0.1) is 0 Å². The minimum atomic E-state index is -0.765. The fourth-order valence-electron chi connectivity index (χ4n) is 2.34. The van der Waals surface area contributed by atoms with Crippen molar-refractivity contribution in [3.8, 4) is 0 Å². The van der Waals surface area contributed by atoms with Gasteiger partial charge in [0.1, 0.15) is 0 Å². The van der Waals surface area contributed by atoms with E-state index >= 15 is 0 Å². The molecule has 0 aliphatic carbocycles. The predicted molar refractivity (Wildman–Crippen MR) is 85.2 cm³/mol. The highest BCUT2D eigenvalue weighted by atomic mass is 16.5. The fourth-order valence-corrected chi connectivity index (χ4v) is 2.34. The molecule has 0 bridgehead atoms. The first-order valence-corrected chi connectivity index (χ1v) is 7.24. The van der Waals surface area contributed by atoms with Crippen LogP contribution in [-0.2, 0) is 9.53 Å². The monoisotopic (exact) mass is 299 g/mol. The second kappa shape index (κ2) is 7.73. The van der Waals surface area contributed by atoms with Crippen LogP contribution in [0.1, 0.15) is 30.3 Å². The van der Waals surface area contributed by atoms with Gasteiger partial charge in [-0.2, -0.15) is 0 Å². The van der Waals surface area contributed by atoms with Crippen LogP contribution >= 0.6 is 0 Å². The zero-order chi connectivity index (χ0) is 15.9. The largest absolute Gasteiger partial charge is 0.386 e. The molecular weight excluding hydrogens is 278 g/mol. The number of benzene rings is 2. The van der Waals surface area contributed by atoms with Crippen LogP contribution in [-0.4, -0.2) is 24.2 Å². The summed E-state index contributed by atoms with van der Waals surface area (Å²) in [5, 5.41) is 13.1. The average Bonchev–Trinajstić information content (AvgIpc) is 2.56. The lowest BCUT2D eigenvalue weighted by atomic mass is 10.0. The van der Waals surface area contributed by atoms with Gasteiger partial charge in [-0.1, -0.05) is 60.7 Å². The Morgan fingerprint density at radius 3 is 2.00 bits per heavy atom. The summed E-state index contributed by atoms with van der Waals surface area (Å²) >= 11 is 0. The van der Waals surface area contributed by atoms with Gasteiger partial charge in [-0.3, -0.25) is 4.79 Å². The summed E-state index contributed by atoms with van der Waals surface area (Å²) in [6.45, 7) is 1.77. The molecule has 0 radical (unpaired) electrons. The molecule has 4 nitrogen and oxygen atoms in total. The molecule has 1 amide bonds. The second-order valence-corrected chi connectivity index (χ2v) is 5.18. The Labute approximate surface area is 130 Å². The molecule has 1 unspecified atom stereocenters. The first-order valence-electron chi connectivity index (χ1n) is 7.24. The summed E-state index contributed by atoms with van der Waals surface area (Å²) in [5.41, 5.74) is 1.55. The highest BCUT2D eigenvalue weighted by Crippen LogP contribution is 2.19. The van der Waals surface area contributed by atoms with Crippen molar-refractivity contribution in [1.29, 1.82) is 0 Å². The third-order valence-corrected chi connectivity index (χ3v) is 3.56. The van der Waals surface area contributed by atoms with Crippen molar-refractivity contribution < 1.29 is 14.6 Å². The minimum Gasteiger partial charge on any atom is -0.386 e. The Kier molecular flexibility index (Phi) is 5.69. The van der Waals surface area contributed by atoms with Crippen molar-refractivity contribution in [2.24, 2.45) is 0 Å². The summed E-state index contributed by atoms with van der Waals surface area (Å²) in [6, 6.07) is 18.1. The Morgan fingerprint density at radius 2 is 1.50 bits per heavy atom. The van der Waals surface area contributed by atoms with Crippen LogP contribution in [0.2, 0.25) is 0 Å². The third kappa shape index (κ3) is 3.93. The maximum atomic E-state index is 12.4. The molecule has 0 saturated carbocycles. The molecule has 0 spiro atoms. The van der Waals surface area contributed by atoms with Crippen molar-refractivity contribution in [2.75, 3.05) is 7.11 Å². The van der Waals surface area contributed by atoms with Crippen LogP contribution in [0.15, 0.2) is 60.7 Å². The molecule has 4 heteroatoms.